The maximum Gasteiger partial charge on any atom is 0.243 e. The van der Waals surface area contributed by atoms with Crippen molar-refractivity contribution < 1.29 is 17.9 Å². The van der Waals surface area contributed by atoms with Gasteiger partial charge in [0.05, 0.1) is 24.6 Å². The molecule has 0 aliphatic carbocycles. The first-order valence-electron chi connectivity index (χ1n) is 10.0. The van der Waals surface area contributed by atoms with Gasteiger partial charge in [0.2, 0.25) is 15.9 Å². The van der Waals surface area contributed by atoms with E-state index >= 15 is 0 Å². The minimum Gasteiger partial charge on any atom is -0.496 e. The quantitative estimate of drug-likeness (QED) is 0.453. The van der Waals surface area contributed by atoms with E-state index in [9.17, 15) is 13.2 Å². The van der Waals surface area contributed by atoms with Gasteiger partial charge < -0.3 is 10.1 Å². The van der Waals surface area contributed by atoms with Crippen LogP contribution in [0, 0.1) is 0 Å². The molecule has 0 fully saturated rings. The van der Waals surface area contributed by atoms with Crippen molar-refractivity contribution >= 4 is 31.9 Å². The van der Waals surface area contributed by atoms with Crippen molar-refractivity contribution in [3.8, 4) is 5.75 Å². The van der Waals surface area contributed by atoms with Gasteiger partial charge >= 0.3 is 0 Å². The number of para-hydroxylation sites is 1. The fourth-order valence-corrected chi connectivity index (χ4v) is 4.97. The Morgan fingerprint density at radius 2 is 1.62 bits per heavy atom. The number of halogens is 1. The molecule has 0 spiro atoms. The van der Waals surface area contributed by atoms with Crippen LogP contribution < -0.4 is 10.1 Å². The maximum atomic E-state index is 13.4. The first-order chi connectivity index (χ1) is 15.3. The van der Waals surface area contributed by atoms with E-state index in [0.29, 0.717) is 5.75 Å². The van der Waals surface area contributed by atoms with Crippen molar-refractivity contribution in [2.45, 2.75) is 24.4 Å². The summed E-state index contributed by atoms with van der Waals surface area (Å²) < 4.78 is 34.0. The summed E-state index contributed by atoms with van der Waals surface area (Å²) in [4.78, 5) is 13.0. The highest BCUT2D eigenvalue weighted by molar-refractivity contribution is 9.10. The Balaban J connectivity index is 1.83. The molecule has 0 saturated heterocycles. The van der Waals surface area contributed by atoms with Crippen molar-refractivity contribution in [1.29, 1.82) is 0 Å². The number of ether oxygens (including phenoxy) is 1. The molecule has 0 radical (unpaired) electrons. The molecule has 0 aromatic heterocycles. The van der Waals surface area contributed by atoms with E-state index in [4.69, 9.17) is 4.74 Å². The summed E-state index contributed by atoms with van der Waals surface area (Å²) in [6, 6.07) is 22.6. The first-order valence-corrected chi connectivity index (χ1v) is 12.3. The number of rotatable bonds is 9. The average Bonchev–Trinajstić information content (AvgIpc) is 2.79. The fraction of sp³-hybridized carbons (Fsp3) is 0.208. The largest absolute Gasteiger partial charge is 0.496 e. The predicted molar refractivity (Wildman–Crippen MR) is 128 cm³/mol. The van der Waals surface area contributed by atoms with E-state index in [1.165, 1.54) is 16.4 Å². The molecule has 6 nitrogen and oxygen atoms in total. The zero-order valence-electron chi connectivity index (χ0n) is 17.9. The highest BCUT2D eigenvalue weighted by Gasteiger charge is 2.27. The fourth-order valence-electron chi connectivity index (χ4n) is 3.32. The van der Waals surface area contributed by atoms with E-state index in [1.54, 1.807) is 19.2 Å². The minimum absolute atomic E-state index is 0.0791. The van der Waals surface area contributed by atoms with E-state index in [2.05, 4.69) is 21.2 Å². The van der Waals surface area contributed by atoms with E-state index in [1.807, 2.05) is 61.5 Å². The normalized spacial score (nSPS) is 12.4. The van der Waals surface area contributed by atoms with Gasteiger partial charge in [0, 0.05) is 16.6 Å². The SMILES string of the molecule is COc1ccccc1C(C)NC(=O)CN(Cc1ccccc1)S(=O)(=O)c1ccc(Br)cc1. The molecular formula is C24H25BrN2O4S. The Bertz CT molecular complexity index is 1150. The van der Waals surface area contributed by atoms with Crippen LogP contribution >= 0.6 is 15.9 Å². The second kappa shape index (κ2) is 10.8. The summed E-state index contributed by atoms with van der Waals surface area (Å²) >= 11 is 3.32. The first kappa shape index (κ1) is 24.0. The van der Waals surface area contributed by atoms with Gasteiger partial charge in [-0.1, -0.05) is 64.5 Å². The zero-order valence-corrected chi connectivity index (χ0v) is 20.3. The monoisotopic (exact) mass is 516 g/mol. The third-order valence-corrected chi connectivity index (χ3v) is 7.29. The maximum absolute atomic E-state index is 13.4. The van der Waals surface area contributed by atoms with Crippen molar-refractivity contribution in [2.75, 3.05) is 13.7 Å². The zero-order chi connectivity index (χ0) is 23.1. The molecule has 0 aliphatic heterocycles. The number of nitrogens with zero attached hydrogens (tertiary/aromatic N) is 1. The number of amides is 1. The number of benzene rings is 3. The summed E-state index contributed by atoms with van der Waals surface area (Å²) in [5.74, 6) is 0.254. The van der Waals surface area contributed by atoms with Crippen LogP contribution in [0.4, 0.5) is 0 Å². The van der Waals surface area contributed by atoms with Crippen LogP contribution in [0.3, 0.4) is 0 Å². The Morgan fingerprint density at radius 3 is 2.28 bits per heavy atom. The molecule has 3 rings (SSSR count). The predicted octanol–water partition coefficient (Wildman–Crippen LogP) is 4.53. The van der Waals surface area contributed by atoms with Gasteiger partial charge in [0.1, 0.15) is 5.75 Å². The molecule has 1 N–H and O–H groups in total. The smallest absolute Gasteiger partial charge is 0.243 e. The second-order valence-electron chi connectivity index (χ2n) is 7.24. The number of carbonyl (C=O) groups is 1. The minimum atomic E-state index is -3.90. The van der Waals surface area contributed by atoms with Gasteiger partial charge in [-0.15, -0.1) is 0 Å². The third-order valence-electron chi connectivity index (χ3n) is 4.96. The Kier molecular flexibility index (Phi) is 8.06. The Hall–Kier alpha value is -2.68. The molecule has 8 heteroatoms. The number of methoxy groups -OCH3 is 1. The molecule has 0 heterocycles. The van der Waals surface area contributed by atoms with Crippen molar-refractivity contribution in [3.05, 3.63) is 94.5 Å². The van der Waals surface area contributed by atoms with Crippen LogP contribution in [0.2, 0.25) is 0 Å². The lowest BCUT2D eigenvalue weighted by Gasteiger charge is -2.24. The van der Waals surface area contributed by atoms with E-state index in [-0.39, 0.29) is 24.0 Å². The van der Waals surface area contributed by atoms with Crippen molar-refractivity contribution in [1.82, 2.24) is 9.62 Å². The van der Waals surface area contributed by atoms with Gasteiger partial charge in [0.15, 0.2) is 0 Å². The summed E-state index contributed by atoms with van der Waals surface area (Å²) in [7, 11) is -2.33. The van der Waals surface area contributed by atoms with Gasteiger partial charge in [-0.2, -0.15) is 4.31 Å². The lowest BCUT2D eigenvalue weighted by Crippen LogP contribution is -2.41. The summed E-state index contributed by atoms with van der Waals surface area (Å²) in [5, 5.41) is 2.89. The van der Waals surface area contributed by atoms with Gasteiger partial charge in [0.25, 0.3) is 0 Å². The van der Waals surface area contributed by atoms with Crippen molar-refractivity contribution in [2.24, 2.45) is 0 Å². The lowest BCUT2D eigenvalue weighted by atomic mass is 10.1. The Labute approximate surface area is 197 Å². The summed E-state index contributed by atoms with van der Waals surface area (Å²) in [6.45, 7) is 1.60. The molecule has 3 aromatic carbocycles. The van der Waals surface area contributed by atoms with Crippen LogP contribution in [0.5, 0.6) is 5.75 Å². The molecule has 1 unspecified atom stereocenters. The van der Waals surface area contributed by atoms with Gasteiger partial charge in [-0.3, -0.25) is 4.79 Å². The third kappa shape index (κ3) is 5.97. The topological polar surface area (TPSA) is 75.7 Å². The summed E-state index contributed by atoms with van der Waals surface area (Å²) in [5.41, 5.74) is 1.60. The molecule has 1 atom stereocenters. The van der Waals surface area contributed by atoms with Crippen LogP contribution in [-0.2, 0) is 21.4 Å². The molecule has 168 valence electrons. The average molecular weight is 517 g/mol. The molecule has 0 aliphatic rings. The highest BCUT2D eigenvalue weighted by atomic mass is 79.9. The lowest BCUT2D eigenvalue weighted by molar-refractivity contribution is -0.122. The standard InChI is InChI=1S/C24H25BrN2O4S/c1-18(22-10-6-7-11-23(22)31-2)26-24(28)17-27(16-19-8-4-3-5-9-19)32(29,30)21-14-12-20(25)13-15-21/h3-15,18H,16-17H2,1-2H3,(H,26,28). The van der Waals surface area contributed by atoms with Crippen LogP contribution in [-0.4, -0.2) is 32.3 Å². The van der Waals surface area contributed by atoms with E-state index < -0.39 is 15.9 Å². The molecule has 3 aromatic rings. The number of hydrogen-bond acceptors (Lipinski definition) is 4. The molecule has 32 heavy (non-hydrogen) atoms. The van der Waals surface area contributed by atoms with Crippen LogP contribution in [0.25, 0.3) is 0 Å². The molecular weight excluding hydrogens is 492 g/mol. The highest BCUT2D eigenvalue weighted by Crippen LogP contribution is 2.25. The molecule has 1 amide bonds. The van der Waals surface area contributed by atoms with Crippen LogP contribution in [0.15, 0.2) is 88.2 Å². The number of nitrogens with one attached hydrogen (secondary N) is 1. The number of sulfonamides is 1. The van der Waals surface area contributed by atoms with E-state index in [0.717, 1.165) is 15.6 Å². The van der Waals surface area contributed by atoms with Gasteiger partial charge in [-0.05, 0) is 42.8 Å². The second-order valence-corrected chi connectivity index (χ2v) is 10.1. The van der Waals surface area contributed by atoms with Crippen LogP contribution in [0.1, 0.15) is 24.1 Å². The van der Waals surface area contributed by atoms with Gasteiger partial charge in [-0.25, -0.2) is 8.42 Å². The summed E-state index contributed by atoms with van der Waals surface area (Å²) in [6.07, 6.45) is 0. The van der Waals surface area contributed by atoms with Crippen molar-refractivity contribution in [3.63, 3.8) is 0 Å². The molecule has 0 bridgehead atoms. The number of hydrogen-bond donors (Lipinski definition) is 1. The molecule has 0 saturated carbocycles. The number of carbonyl (C=O) groups excluding carboxylic acids is 1. The Morgan fingerprint density at radius 1 is 1.00 bits per heavy atom.